The molecule has 2 aromatic rings. The number of sulfone groups is 1. The fourth-order valence-electron chi connectivity index (χ4n) is 2.29. The quantitative estimate of drug-likeness (QED) is 0.554. The van der Waals surface area contributed by atoms with Crippen LogP contribution in [0, 0.1) is 10.1 Å². The molecule has 0 unspecified atom stereocenters. The number of nitrogens with zero attached hydrogens (tertiary/aromatic N) is 3. The van der Waals surface area contributed by atoms with E-state index < -0.39 is 26.1 Å². The highest BCUT2D eigenvalue weighted by Crippen LogP contribution is 2.35. The van der Waals surface area contributed by atoms with Crippen molar-refractivity contribution in [3.8, 4) is 0 Å². The molecule has 3 rings (SSSR count). The molecule has 2 heterocycles. The molecule has 128 valence electrons. The largest absolute Gasteiger partial charge is 0.389 e. The summed E-state index contributed by atoms with van der Waals surface area (Å²) in [5.74, 6) is -0.428. The van der Waals surface area contributed by atoms with E-state index in [2.05, 4.69) is 26.2 Å². The fourth-order valence-corrected chi connectivity index (χ4v) is 4.31. The van der Waals surface area contributed by atoms with Crippen molar-refractivity contribution in [1.29, 1.82) is 0 Å². The first kappa shape index (κ1) is 16.8. The average molecular weight is 418 g/mol. The molecule has 1 aromatic carbocycles. The van der Waals surface area contributed by atoms with Crippen LogP contribution in [0.2, 0.25) is 0 Å². The normalized spacial score (nSPS) is 16.9. The third kappa shape index (κ3) is 2.88. The molecule has 24 heavy (non-hydrogen) atoms. The maximum absolute atomic E-state index is 12.5. The van der Waals surface area contributed by atoms with Crippen LogP contribution >= 0.6 is 15.9 Å². The molecule has 0 spiro atoms. The molecule has 1 aromatic heterocycles. The van der Waals surface area contributed by atoms with Crippen LogP contribution in [0.5, 0.6) is 0 Å². The van der Waals surface area contributed by atoms with Gasteiger partial charge >= 0.3 is 0 Å². The number of benzene rings is 1. The molecule has 0 amide bonds. The third-order valence-corrected chi connectivity index (χ3v) is 5.85. The summed E-state index contributed by atoms with van der Waals surface area (Å²) in [4.78, 5) is 15.4. The molecule has 0 radical (unpaired) electrons. The smallest absolute Gasteiger partial charge is 0.287 e. The first-order valence-corrected chi connectivity index (χ1v) is 9.24. The number of nitro benzene ring substituents is 1. The van der Waals surface area contributed by atoms with E-state index in [1.54, 1.807) is 13.8 Å². The van der Waals surface area contributed by atoms with Crippen molar-refractivity contribution in [2.75, 3.05) is 0 Å². The second kappa shape index (κ2) is 5.52. The van der Waals surface area contributed by atoms with Gasteiger partial charge in [0.2, 0.25) is 9.84 Å². The summed E-state index contributed by atoms with van der Waals surface area (Å²) in [5, 5.41) is 18.7. The highest BCUT2D eigenvalue weighted by Gasteiger charge is 2.37. The molecule has 0 atom stereocenters. The van der Waals surface area contributed by atoms with Gasteiger partial charge in [-0.05, 0) is 35.8 Å². The number of halogens is 1. The molecule has 0 fully saturated rings. The van der Waals surface area contributed by atoms with Gasteiger partial charge in [-0.15, -0.1) is 0 Å². The number of hydrogen-bond acceptors (Lipinski definition) is 8. The Kier molecular flexibility index (Phi) is 3.87. The number of nitro groups is 1. The maximum Gasteiger partial charge on any atom is 0.287 e. The van der Waals surface area contributed by atoms with E-state index >= 15 is 0 Å². The van der Waals surface area contributed by atoms with Gasteiger partial charge in [-0.2, -0.15) is 0 Å². The Morgan fingerprint density at radius 1 is 1.42 bits per heavy atom. The van der Waals surface area contributed by atoms with E-state index in [1.165, 1.54) is 12.1 Å². The molecular formula is C13H12BrN3O6S. The SMILES string of the molecule is CC1(C)CC(S(=O)(=O)Cc2noc3c(Br)c([N+](=O)[O-])ccc23)=NO1. The summed E-state index contributed by atoms with van der Waals surface area (Å²) < 4.78 is 30.2. The number of oxime groups is 1. The van der Waals surface area contributed by atoms with Crippen molar-refractivity contribution in [3.05, 3.63) is 32.4 Å². The molecule has 0 N–H and O–H groups in total. The Labute approximate surface area is 144 Å². The van der Waals surface area contributed by atoms with Crippen LogP contribution in [0.15, 0.2) is 26.3 Å². The van der Waals surface area contributed by atoms with Crippen molar-refractivity contribution in [2.45, 2.75) is 31.6 Å². The molecule has 1 aliphatic rings. The summed E-state index contributed by atoms with van der Waals surface area (Å²) in [6.07, 6.45) is 0.167. The van der Waals surface area contributed by atoms with Crippen LogP contribution in [-0.2, 0) is 20.4 Å². The van der Waals surface area contributed by atoms with Crippen molar-refractivity contribution >= 4 is 47.5 Å². The molecule has 0 saturated carbocycles. The van der Waals surface area contributed by atoms with Gasteiger partial charge in [0.1, 0.15) is 21.5 Å². The Hall–Kier alpha value is -2.01. The van der Waals surface area contributed by atoms with Gasteiger partial charge < -0.3 is 9.36 Å². The van der Waals surface area contributed by atoms with E-state index in [0.29, 0.717) is 5.39 Å². The summed E-state index contributed by atoms with van der Waals surface area (Å²) >= 11 is 3.09. The van der Waals surface area contributed by atoms with Crippen molar-refractivity contribution in [3.63, 3.8) is 0 Å². The van der Waals surface area contributed by atoms with Crippen molar-refractivity contribution < 1.29 is 22.7 Å². The zero-order chi connectivity index (χ0) is 17.7. The molecule has 11 heteroatoms. The van der Waals surface area contributed by atoms with Gasteiger partial charge in [0.15, 0.2) is 10.6 Å². The van der Waals surface area contributed by atoms with Gasteiger partial charge in [0.05, 0.1) is 4.92 Å². The van der Waals surface area contributed by atoms with Crippen molar-refractivity contribution in [1.82, 2.24) is 5.16 Å². The van der Waals surface area contributed by atoms with Crippen LogP contribution in [0.3, 0.4) is 0 Å². The van der Waals surface area contributed by atoms with Crippen LogP contribution in [0.4, 0.5) is 5.69 Å². The zero-order valence-corrected chi connectivity index (χ0v) is 15.0. The standard InChI is InChI=1S/C13H12BrN3O6S/c1-13(2)5-10(16-23-13)24(20,21)6-8-7-3-4-9(17(18)19)11(14)12(7)22-15-8/h3-4H,5-6H2,1-2H3. The second-order valence-corrected chi connectivity index (χ2v) is 8.72. The first-order chi connectivity index (χ1) is 11.1. The summed E-state index contributed by atoms with van der Waals surface area (Å²) in [7, 11) is -3.73. The zero-order valence-electron chi connectivity index (χ0n) is 12.6. The summed E-state index contributed by atoms with van der Waals surface area (Å²) in [5.41, 5.74) is -0.575. The molecular weight excluding hydrogens is 406 g/mol. The van der Waals surface area contributed by atoms with Crippen LogP contribution in [0.25, 0.3) is 11.0 Å². The van der Waals surface area contributed by atoms with E-state index in [0.717, 1.165) is 0 Å². The fraction of sp³-hybridized carbons (Fsp3) is 0.385. The lowest BCUT2D eigenvalue weighted by Crippen LogP contribution is -2.23. The third-order valence-electron chi connectivity index (χ3n) is 3.49. The minimum absolute atomic E-state index is 0.0513. The Balaban J connectivity index is 1.97. The van der Waals surface area contributed by atoms with Gasteiger partial charge in [-0.3, -0.25) is 10.1 Å². The highest BCUT2D eigenvalue weighted by molar-refractivity contribution is 9.10. The molecule has 0 saturated heterocycles. The lowest BCUT2D eigenvalue weighted by atomic mass is 10.1. The Morgan fingerprint density at radius 3 is 2.71 bits per heavy atom. The Morgan fingerprint density at radius 2 is 2.12 bits per heavy atom. The summed E-state index contributed by atoms with van der Waals surface area (Å²) in [6.45, 7) is 3.47. The Bertz CT molecular complexity index is 979. The molecule has 9 nitrogen and oxygen atoms in total. The molecule has 1 aliphatic heterocycles. The minimum Gasteiger partial charge on any atom is -0.389 e. The summed E-state index contributed by atoms with van der Waals surface area (Å²) in [6, 6.07) is 2.68. The predicted molar refractivity (Wildman–Crippen MR) is 88.2 cm³/mol. The number of fused-ring (bicyclic) bond motifs is 1. The predicted octanol–water partition coefficient (Wildman–Crippen LogP) is 2.93. The average Bonchev–Trinajstić information content (AvgIpc) is 3.03. The second-order valence-electron chi connectivity index (χ2n) is 5.93. The number of aromatic nitrogens is 1. The van der Waals surface area contributed by atoms with Gasteiger partial charge in [0, 0.05) is 17.9 Å². The van der Waals surface area contributed by atoms with E-state index in [4.69, 9.17) is 9.36 Å². The first-order valence-electron chi connectivity index (χ1n) is 6.80. The van der Waals surface area contributed by atoms with Gasteiger partial charge in [0.25, 0.3) is 5.69 Å². The molecule has 0 bridgehead atoms. The highest BCUT2D eigenvalue weighted by atomic mass is 79.9. The monoisotopic (exact) mass is 417 g/mol. The van der Waals surface area contributed by atoms with E-state index in [9.17, 15) is 18.5 Å². The van der Waals surface area contributed by atoms with E-state index in [1.807, 2.05) is 0 Å². The lowest BCUT2D eigenvalue weighted by molar-refractivity contribution is -0.385. The van der Waals surface area contributed by atoms with Crippen molar-refractivity contribution in [2.24, 2.45) is 5.16 Å². The number of rotatable bonds is 3. The lowest BCUT2D eigenvalue weighted by Gasteiger charge is -2.13. The van der Waals surface area contributed by atoms with Crippen LogP contribution in [0.1, 0.15) is 26.0 Å². The number of hydrogen-bond donors (Lipinski definition) is 0. The van der Waals surface area contributed by atoms with Gasteiger partial charge in [-0.25, -0.2) is 8.42 Å². The van der Waals surface area contributed by atoms with Crippen LogP contribution in [-0.4, -0.2) is 29.1 Å². The topological polar surface area (TPSA) is 125 Å². The van der Waals surface area contributed by atoms with E-state index in [-0.39, 0.29) is 32.9 Å². The minimum atomic E-state index is -3.73. The van der Waals surface area contributed by atoms with Gasteiger partial charge in [-0.1, -0.05) is 10.3 Å². The maximum atomic E-state index is 12.5. The van der Waals surface area contributed by atoms with Crippen LogP contribution < -0.4 is 0 Å². The molecule has 0 aliphatic carbocycles.